The van der Waals surface area contributed by atoms with E-state index in [1.807, 2.05) is 23.6 Å². The lowest BCUT2D eigenvalue weighted by Gasteiger charge is -2.05. The zero-order valence-corrected chi connectivity index (χ0v) is 14.3. The number of nitrogens with one attached hydrogen (secondary N) is 1. The average molecular weight is 363 g/mol. The van der Waals surface area contributed by atoms with Crippen LogP contribution in [0.1, 0.15) is 5.56 Å². The number of benzene rings is 1. The number of aromatic nitrogens is 1. The third-order valence-electron chi connectivity index (χ3n) is 3.24. The van der Waals surface area contributed by atoms with Crippen molar-refractivity contribution in [1.82, 2.24) is 4.98 Å². The molecule has 1 aromatic carbocycles. The lowest BCUT2D eigenvalue weighted by Crippen LogP contribution is -2.13. The summed E-state index contributed by atoms with van der Waals surface area (Å²) in [7, 11) is 0. The van der Waals surface area contributed by atoms with Gasteiger partial charge < -0.3 is 5.32 Å². The molecule has 0 aliphatic carbocycles. The second-order valence-corrected chi connectivity index (χ2v) is 6.65. The summed E-state index contributed by atoms with van der Waals surface area (Å²) in [4.78, 5) is 16.2. The Labute approximate surface area is 147 Å². The molecule has 0 saturated carbocycles. The number of pyridine rings is 1. The van der Waals surface area contributed by atoms with Crippen LogP contribution in [0.4, 0.5) is 5.00 Å². The summed E-state index contributed by atoms with van der Waals surface area (Å²) in [5, 5.41) is 6.74. The molecular weight excluding hydrogens is 351 g/mol. The van der Waals surface area contributed by atoms with Gasteiger partial charge in [-0.2, -0.15) is 0 Å². The molecule has 0 radical (unpaired) electrons. The van der Waals surface area contributed by atoms with E-state index in [1.165, 1.54) is 11.3 Å². The molecule has 1 amide bonds. The van der Waals surface area contributed by atoms with Gasteiger partial charge in [-0.25, -0.2) is 0 Å². The van der Waals surface area contributed by atoms with Gasteiger partial charge in [0.2, 0.25) is 5.91 Å². The zero-order valence-electron chi connectivity index (χ0n) is 11.9. The van der Waals surface area contributed by atoms with E-state index in [2.05, 4.69) is 10.3 Å². The molecule has 1 N–H and O–H groups in total. The Bertz CT molecular complexity index is 834. The van der Waals surface area contributed by atoms with E-state index in [4.69, 9.17) is 23.2 Å². The fourth-order valence-electron chi connectivity index (χ4n) is 2.12. The molecule has 2 heterocycles. The average Bonchev–Trinajstić information content (AvgIpc) is 2.99. The van der Waals surface area contributed by atoms with Crippen LogP contribution in [-0.2, 0) is 11.2 Å². The van der Waals surface area contributed by atoms with E-state index in [-0.39, 0.29) is 12.3 Å². The van der Waals surface area contributed by atoms with Crippen LogP contribution < -0.4 is 5.32 Å². The van der Waals surface area contributed by atoms with Crippen molar-refractivity contribution in [3.8, 4) is 11.1 Å². The quantitative estimate of drug-likeness (QED) is 0.684. The van der Waals surface area contributed by atoms with E-state index >= 15 is 0 Å². The molecule has 0 saturated heterocycles. The van der Waals surface area contributed by atoms with Crippen molar-refractivity contribution >= 4 is 45.4 Å². The summed E-state index contributed by atoms with van der Waals surface area (Å²) >= 11 is 13.4. The minimum absolute atomic E-state index is 0.114. The Morgan fingerprint density at radius 2 is 1.87 bits per heavy atom. The molecular formula is C17H12Cl2N2OS. The Morgan fingerprint density at radius 3 is 2.61 bits per heavy atom. The van der Waals surface area contributed by atoms with Gasteiger partial charge in [-0.05, 0) is 47.0 Å². The van der Waals surface area contributed by atoms with Crippen LogP contribution in [0.2, 0.25) is 10.0 Å². The molecule has 0 fully saturated rings. The molecule has 6 heteroatoms. The molecule has 0 aliphatic rings. The summed E-state index contributed by atoms with van der Waals surface area (Å²) in [5.74, 6) is -0.114. The van der Waals surface area contributed by atoms with Crippen molar-refractivity contribution in [2.75, 3.05) is 5.32 Å². The van der Waals surface area contributed by atoms with Gasteiger partial charge in [-0.3, -0.25) is 9.78 Å². The van der Waals surface area contributed by atoms with E-state index in [0.29, 0.717) is 10.0 Å². The molecule has 23 heavy (non-hydrogen) atoms. The van der Waals surface area contributed by atoms with Crippen LogP contribution in [0, 0.1) is 0 Å². The first-order valence-corrected chi connectivity index (χ1v) is 8.48. The molecule has 0 unspecified atom stereocenters. The smallest absolute Gasteiger partial charge is 0.229 e. The number of hydrogen-bond acceptors (Lipinski definition) is 3. The molecule has 3 aromatic rings. The third-order valence-corrected chi connectivity index (χ3v) is 4.67. The number of nitrogens with zero attached hydrogens (tertiary/aromatic N) is 1. The predicted molar refractivity (Wildman–Crippen MR) is 96.3 cm³/mol. The first-order chi connectivity index (χ1) is 11.1. The fourth-order valence-corrected chi connectivity index (χ4v) is 3.42. The summed E-state index contributed by atoms with van der Waals surface area (Å²) < 4.78 is 0. The third kappa shape index (κ3) is 4.10. The van der Waals surface area contributed by atoms with E-state index in [0.717, 1.165) is 21.7 Å². The number of amides is 1. The van der Waals surface area contributed by atoms with E-state index in [1.54, 1.807) is 30.6 Å². The number of thiophene rings is 1. The van der Waals surface area contributed by atoms with Gasteiger partial charge in [-0.15, -0.1) is 11.3 Å². The lowest BCUT2D eigenvalue weighted by molar-refractivity contribution is -0.115. The summed E-state index contributed by atoms with van der Waals surface area (Å²) in [6.45, 7) is 0. The highest BCUT2D eigenvalue weighted by Crippen LogP contribution is 2.29. The number of carbonyl (C=O) groups excluding carboxylic acids is 1. The molecule has 0 spiro atoms. The lowest BCUT2D eigenvalue weighted by atomic mass is 10.1. The SMILES string of the molecule is O=C(Cc1ccc(Cl)cc1Cl)Nc1cc(-c2ccncc2)cs1. The van der Waals surface area contributed by atoms with Gasteiger partial charge in [-0.1, -0.05) is 29.3 Å². The van der Waals surface area contributed by atoms with Gasteiger partial charge in [0, 0.05) is 27.8 Å². The standard InChI is InChI=1S/C17H12Cl2N2OS/c18-14-2-1-12(15(19)9-14)7-16(22)21-17-8-13(10-23-17)11-3-5-20-6-4-11/h1-6,8-10H,7H2,(H,21,22). The largest absolute Gasteiger partial charge is 0.317 e. The predicted octanol–water partition coefficient (Wildman–Crippen LogP) is 5.30. The fraction of sp³-hybridized carbons (Fsp3) is 0.0588. The first kappa shape index (κ1) is 16.0. The Balaban J connectivity index is 1.68. The number of halogens is 2. The van der Waals surface area contributed by atoms with Crippen LogP contribution in [0.3, 0.4) is 0 Å². The highest BCUT2D eigenvalue weighted by Gasteiger charge is 2.10. The molecule has 3 nitrogen and oxygen atoms in total. The maximum Gasteiger partial charge on any atom is 0.229 e. The minimum atomic E-state index is -0.114. The Morgan fingerprint density at radius 1 is 1.09 bits per heavy atom. The van der Waals surface area contributed by atoms with Crippen molar-refractivity contribution in [3.05, 3.63) is 69.8 Å². The monoisotopic (exact) mass is 362 g/mol. The zero-order chi connectivity index (χ0) is 16.2. The van der Waals surface area contributed by atoms with Crippen molar-refractivity contribution in [3.63, 3.8) is 0 Å². The molecule has 116 valence electrons. The number of rotatable bonds is 4. The van der Waals surface area contributed by atoms with Gasteiger partial charge in [0.05, 0.1) is 11.4 Å². The topological polar surface area (TPSA) is 42.0 Å². The van der Waals surface area contributed by atoms with Gasteiger partial charge >= 0.3 is 0 Å². The number of carbonyl (C=O) groups is 1. The molecule has 3 rings (SSSR count). The maximum atomic E-state index is 12.2. The summed E-state index contributed by atoms with van der Waals surface area (Å²) in [5.41, 5.74) is 2.87. The van der Waals surface area contributed by atoms with Crippen LogP contribution in [0.5, 0.6) is 0 Å². The van der Waals surface area contributed by atoms with E-state index < -0.39 is 0 Å². The van der Waals surface area contributed by atoms with Gasteiger partial charge in [0.25, 0.3) is 0 Å². The van der Waals surface area contributed by atoms with Crippen LogP contribution >= 0.6 is 34.5 Å². The van der Waals surface area contributed by atoms with Crippen molar-refractivity contribution in [2.45, 2.75) is 6.42 Å². The molecule has 0 bridgehead atoms. The number of hydrogen-bond donors (Lipinski definition) is 1. The van der Waals surface area contributed by atoms with Crippen molar-refractivity contribution in [1.29, 1.82) is 0 Å². The first-order valence-electron chi connectivity index (χ1n) is 6.84. The molecule has 2 aromatic heterocycles. The maximum absolute atomic E-state index is 12.2. The Hall–Kier alpha value is -1.88. The minimum Gasteiger partial charge on any atom is -0.317 e. The normalized spacial score (nSPS) is 10.5. The van der Waals surface area contributed by atoms with Crippen LogP contribution in [-0.4, -0.2) is 10.9 Å². The molecule has 0 aliphatic heterocycles. The van der Waals surface area contributed by atoms with Crippen LogP contribution in [0.15, 0.2) is 54.2 Å². The molecule has 0 atom stereocenters. The second-order valence-electron chi connectivity index (χ2n) is 4.90. The highest BCUT2D eigenvalue weighted by atomic mass is 35.5. The summed E-state index contributed by atoms with van der Waals surface area (Å²) in [6.07, 6.45) is 3.69. The number of anilines is 1. The Kier molecular flexibility index (Phi) is 4.96. The second kappa shape index (κ2) is 7.13. The van der Waals surface area contributed by atoms with Crippen molar-refractivity contribution in [2.24, 2.45) is 0 Å². The highest BCUT2D eigenvalue weighted by molar-refractivity contribution is 7.14. The van der Waals surface area contributed by atoms with E-state index in [9.17, 15) is 4.79 Å². The van der Waals surface area contributed by atoms with Gasteiger partial charge in [0.1, 0.15) is 0 Å². The van der Waals surface area contributed by atoms with Crippen LogP contribution in [0.25, 0.3) is 11.1 Å². The van der Waals surface area contributed by atoms with Crippen molar-refractivity contribution < 1.29 is 4.79 Å². The summed E-state index contributed by atoms with van der Waals surface area (Å²) in [6, 6.07) is 10.9. The van der Waals surface area contributed by atoms with Gasteiger partial charge in [0.15, 0.2) is 0 Å².